The molecular formula is C26H23ClN4O4. The van der Waals surface area contributed by atoms with Crippen LogP contribution in [0.25, 0.3) is 10.9 Å². The van der Waals surface area contributed by atoms with Gasteiger partial charge in [0.2, 0.25) is 0 Å². The van der Waals surface area contributed by atoms with Gasteiger partial charge in [0, 0.05) is 21.8 Å². The van der Waals surface area contributed by atoms with Crippen molar-refractivity contribution in [3.8, 4) is 5.75 Å². The molecule has 35 heavy (non-hydrogen) atoms. The van der Waals surface area contributed by atoms with Crippen LogP contribution in [0, 0.1) is 13.8 Å². The third-order valence-electron chi connectivity index (χ3n) is 5.39. The monoisotopic (exact) mass is 490 g/mol. The Kier molecular flexibility index (Phi) is 6.75. The fourth-order valence-corrected chi connectivity index (χ4v) is 3.81. The first-order valence-corrected chi connectivity index (χ1v) is 11.1. The second-order valence-electron chi connectivity index (χ2n) is 7.96. The molecule has 0 atom stereocenters. The number of nitrogens with one attached hydrogen (secondary N) is 3. The molecule has 0 radical (unpaired) electrons. The molecule has 0 aliphatic rings. The lowest BCUT2D eigenvalue weighted by molar-refractivity contribution is -0.133. The van der Waals surface area contributed by atoms with E-state index in [0.29, 0.717) is 33.0 Å². The van der Waals surface area contributed by atoms with E-state index in [9.17, 15) is 14.4 Å². The van der Waals surface area contributed by atoms with Crippen LogP contribution in [0.5, 0.6) is 5.75 Å². The molecule has 0 unspecified atom stereocenters. The number of methoxy groups -OCH3 is 1. The summed E-state index contributed by atoms with van der Waals surface area (Å²) in [4.78, 5) is 38.5. The second kappa shape index (κ2) is 9.90. The lowest BCUT2D eigenvalue weighted by Gasteiger charge is -2.14. The maximum atomic E-state index is 13.2. The van der Waals surface area contributed by atoms with E-state index in [2.05, 4.69) is 16.1 Å². The number of fused-ring (bicyclic) bond motifs is 1. The maximum Gasteiger partial charge on any atom is 0.328 e. The van der Waals surface area contributed by atoms with E-state index in [0.717, 1.165) is 11.1 Å². The molecule has 0 saturated heterocycles. The Balaban J connectivity index is 1.61. The third kappa shape index (κ3) is 5.28. The van der Waals surface area contributed by atoms with Crippen LogP contribution in [0.2, 0.25) is 5.02 Å². The molecule has 1 aromatic heterocycles. The summed E-state index contributed by atoms with van der Waals surface area (Å²) >= 11 is 6.12. The number of halogens is 1. The van der Waals surface area contributed by atoms with E-state index >= 15 is 0 Å². The van der Waals surface area contributed by atoms with E-state index in [1.165, 1.54) is 11.8 Å². The number of hydrogen-bond donors (Lipinski definition) is 3. The molecule has 0 spiro atoms. The van der Waals surface area contributed by atoms with Gasteiger partial charge in [-0.3, -0.25) is 19.8 Å². The zero-order chi connectivity index (χ0) is 25.1. The molecule has 8 nitrogen and oxygen atoms in total. The summed E-state index contributed by atoms with van der Waals surface area (Å²) in [5.41, 5.74) is 6.18. The average molecular weight is 491 g/mol. The first-order valence-electron chi connectivity index (χ1n) is 10.7. The number of aromatic nitrogens is 1. The summed E-state index contributed by atoms with van der Waals surface area (Å²) < 4.78 is 6.37. The summed E-state index contributed by atoms with van der Waals surface area (Å²) in [6, 6.07) is 18.8. The van der Waals surface area contributed by atoms with Crippen molar-refractivity contribution in [2.24, 2.45) is 0 Å². The Bertz CT molecular complexity index is 1440. The molecule has 1 heterocycles. The largest absolute Gasteiger partial charge is 0.497 e. The van der Waals surface area contributed by atoms with Crippen molar-refractivity contribution < 1.29 is 19.1 Å². The van der Waals surface area contributed by atoms with Crippen LogP contribution >= 0.6 is 11.6 Å². The standard InChI is InChI=1S/C26H23ClN4O4/c1-15-4-10-21(16(2)12-15)29-24(32)23-14-17-13-18(27)5-11-22(17)31(23)30-26(34)25(33)28-19-6-8-20(35-3)9-7-19/h4-14H,1-3H3,(H,28,33)(H,29,32)(H,30,34). The lowest BCUT2D eigenvalue weighted by Crippen LogP contribution is -2.36. The van der Waals surface area contributed by atoms with E-state index < -0.39 is 17.7 Å². The topological polar surface area (TPSA) is 101 Å². The van der Waals surface area contributed by atoms with Crippen LogP contribution in [0.15, 0.2) is 66.7 Å². The summed E-state index contributed by atoms with van der Waals surface area (Å²) in [5.74, 6) is -1.69. The predicted octanol–water partition coefficient (Wildman–Crippen LogP) is 4.88. The zero-order valence-corrected chi connectivity index (χ0v) is 20.1. The molecule has 0 aliphatic carbocycles. The zero-order valence-electron chi connectivity index (χ0n) is 19.3. The molecule has 0 bridgehead atoms. The van der Waals surface area contributed by atoms with Crippen LogP contribution in [0.1, 0.15) is 21.6 Å². The smallest absolute Gasteiger partial charge is 0.328 e. The van der Waals surface area contributed by atoms with Gasteiger partial charge in [-0.25, -0.2) is 4.68 Å². The van der Waals surface area contributed by atoms with Gasteiger partial charge in [0.1, 0.15) is 11.4 Å². The van der Waals surface area contributed by atoms with Crippen LogP contribution in [-0.2, 0) is 9.59 Å². The Morgan fingerprint density at radius 1 is 0.857 bits per heavy atom. The first kappa shape index (κ1) is 23.8. The third-order valence-corrected chi connectivity index (χ3v) is 5.63. The second-order valence-corrected chi connectivity index (χ2v) is 8.40. The number of rotatable bonds is 5. The van der Waals surface area contributed by atoms with Crippen molar-refractivity contribution in [3.63, 3.8) is 0 Å². The molecule has 3 amide bonds. The molecule has 178 valence electrons. The molecule has 9 heteroatoms. The normalized spacial score (nSPS) is 10.6. The number of benzene rings is 3. The summed E-state index contributed by atoms with van der Waals surface area (Å²) in [7, 11) is 1.53. The molecule has 4 aromatic rings. The lowest BCUT2D eigenvalue weighted by atomic mass is 10.1. The van der Waals surface area contributed by atoms with Crippen LogP contribution in [0.4, 0.5) is 11.4 Å². The Hall–Kier alpha value is -4.30. The van der Waals surface area contributed by atoms with Crippen molar-refractivity contribution in [2.45, 2.75) is 13.8 Å². The predicted molar refractivity (Wildman–Crippen MR) is 137 cm³/mol. The van der Waals surface area contributed by atoms with Crippen molar-refractivity contribution in [1.29, 1.82) is 0 Å². The SMILES string of the molecule is COc1ccc(NC(=O)C(=O)Nn2c(C(=O)Nc3ccc(C)cc3C)cc3cc(Cl)ccc32)cc1. The van der Waals surface area contributed by atoms with Gasteiger partial charge in [-0.1, -0.05) is 29.3 Å². The number of carbonyl (C=O) groups excluding carboxylic acids is 3. The van der Waals surface area contributed by atoms with Gasteiger partial charge in [0.25, 0.3) is 5.91 Å². The fraction of sp³-hybridized carbons (Fsp3) is 0.115. The van der Waals surface area contributed by atoms with Gasteiger partial charge in [-0.2, -0.15) is 0 Å². The molecule has 0 fully saturated rings. The fourth-order valence-electron chi connectivity index (χ4n) is 3.63. The average Bonchev–Trinajstić information content (AvgIpc) is 3.18. The van der Waals surface area contributed by atoms with E-state index in [1.54, 1.807) is 48.5 Å². The van der Waals surface area contributed by atoms with Crippen molar-refractivity contribution in [1.82, 2.24) is 4.68 Å². The highest BCUT2D eigenvalue weighted by Crippen LogP contribution is 2.24. The number of hydrogen-bond acceptors (Lipinski definition) is 4. The van der Waals surface area contributed by atoms with E-state index in [1.807, 2.05) is 32.0 Å². The van der Waals surface area contributed by atoms with E-state index in [4.69, 9.17) is 16.3 Å². The Morgan fingerprint density at radius 3 is 2.29 bits per heavy atom. The molecular weight excluding hydrogens is 468 g/mol. The van der Waals surface area contributed by atoms with Gasteiger partial charge in [0.05, 0.1) is 12.6 Å². The highest BCUT2D eigenvalue weighted by molar-refractivity contribution is 6.42. The van der Waals surface area contributed by atoms with Crippen molar-refractivity contribution in [2.75, 3.05) is 23.2 Å². The van der Waals surface area contributed by atoms with Gasteiger partial charge in [-0.05, 0) is 74.0 Å². The van der Waals surface area contributed by atoms with Crippen LogP contribution in [0.3, 0.4) is 0 Å². The molecule has 4 rings (SSSR count). The Labute approximate surface area is 206 Å². The maximum absolute atomic E-state index is 13.2. The van der Waals surface area contributed by atoms with Gasteiger partial charge in [0.15, 0.2) is 0 Å². The number of aryl methyl sites for hydroxylation is 2. The molecule has 3 aromatic carbocycles. The minimum atomic E-state index is -0.950. The van der Waals surface area contributed by atoms with Crippen LogP contribution < -0.4 is 20.8 Å². The quantitative estimate of drug-likeness (QED) is 0.347. The first-order chi connectivity index (χ1) is 16.7. The summed E-state index contributed by atoms with van der Waals surface area (Å²) in [5, 5.41) is 6.48. The number of amides is 3. The number of carbonyl (C=O) groups is 3. The molecule has 0 aliphatic heterocycles. The van der Waals surface area contributed by atoms with Gasteiger partial charge < -0.3 is 15.4 Å². The highest BCUT2D eigenvalue weighted by atomic mass is 35.5. The number of anilines is 2. The molecule has 0 saturated carbocycles. The summed E-state index contributed by atoms with van der Waals surface area (Å²) in [6.45, 7) is 3.86. The van der Waals surface area contributed by atoms with E-state index in [-0.39, 0.29) is 5.69 Å². The highest BCUT2D eigenvalue weighted by Gasteiger charge is 2.21. The van der Waals surface area contributed by atoms with Crippen molar-refractivity contribution >= 4 is 51.6 Å². The van der Waals surface area contributed by atoms with Gasteiger partial charge in [-0.15, -0.1) is 0 Å². The van der Waals surface area contributed by atoms with Crippen LogP contribution in [-0.4, -0.2) is 29.5 Å². The minimum Gasteiger partial charge on any atom is -0.497 e. The number of nitrogens with zero attached hydrogens (tertiary/aromatic N) is 1. The number of ether oxygens (including phenoxy) is 1. The van der Waals surface area contributed by atoms with Crippen molar-refractivity contribution in [3.05, 3.63) is 88.6 Å². The Morgan fingerprint density at radius 2 is 1.60 bits per heavy atom. The molecule has 3 N–H and O–H groups in total. The minimum absolute atomic E-state index is 0.132. The van der Waals surface area contributed by atoms with Gasteiger partial charge >= 0.3 is 11.8 Å². The summed E-state index contributed by atoms with van der Waals surface area (Å²) in [6.07, 6.45) is 0.